The highest BCUT2D eigenvalue weighted by molar-refractivity contribution is 5.77. The second-order valence-electron chi connectivity index (χ2n) is 6.15. The van der Waals surface area contributed by atoms with Crippen LogP contribution in [0, 0.1) is 0 Å². The van der Waals surface area contributed by atoms with E-state index in [9.17, 15) is 0 Å². The summed E-state index contributed by atoms with van der Waals surface area (Å²) in [6, 6.07) is 25.0. The fourth-order valence-corrected chi connectivity index (χ4v) is 3.04. The van der Waals surface area contributed by atoms with E-state index < -0.39 is 0 Å². The maximum absolute atomic E-state index is 5.55. The topological polar surface area (TPSA) is 21.3 Å². The molecule has 132 valence electrons. The molecule has 0 atom stereocenters. The fraction of sp³-hybridized carbons (Fsp3) is 0.167. The van der Waals surface area contributed by atoms with Crippen LogP contribution < -0.4 is 10.1 Å². The van der Waals surface area contributed by atoms with E-state index in [1.54, 1.807) is 0 Å². The van der Waals surface area contributed by atoms with E-state index in [0.29, 0.717) is 6.61 Å². The van der Waals surface area contributed by atoms with Crippen molar-refractivity contribution in [2.24, 2.45) is 0 Å². The first-order valence-electron chi connectivity index (χ1n) is 9.08. The third kappa shape index (κ3) is 4.15. The molecular formula is C24H25NO. The molecule has 0 aliphatic carbocycles. The molecule has 0 unspecified atom stereocenters. The number of aryl methyl sites for hydroxylation is 1. The van der Waals surface area contributed by atoms with Gasteiger partial charge in [0.1, 0.15) is 5.75 Å². The van der Waals surface area contributed by atoms with Gasteiger partial charge in [0.25, 0.3) is 0 Å². The summed E-state index contributed by atoms with van der Waals surface area (Å²) in [7, 11) is 0. The summed E-state index contributed by atoms with van der Waals surface area (Å²) >= 11 is 0. The van der Waals surface area contributed by atoms with Gasteiger partial charge in [0.2, 0.25) is 0 Å². The molecule has 0 saturated carbocycles. The van der Waals surface area contributed by atoms with Gasteiger partial charge in [0.15, 0.2) is 0 Å². The fourth-order valence-electron chi connectivity index (χ4n) is 3.04. The standard InChI is InChI=1S/C24H25NO/c1-4-19-9-6-7-12-24(19)21-15-13-20(14-16-21)18(3)25-22-10-8-11-23(17-22)26-5-2/h6-17,25H,3-5H2,1-2H3. The summed E-state index contributed by atoms with van der Waals surface area (Å²) in [4.78, 5) is 0. The van der Waals surface area contributed by atoms with E-state index in [0.717, 1.165) is 29.1 Å². The summed E-state index contributed by atoms with van der Waals surface area (Å²) in [5, 5.41) is 3.36. The summed E-state index contributed by atoms with van der Waals surface area (Å²) < 4.78 is 5.55. The Balaban J connectivity index is 1.76. The lowest BCUT2D eigenvalue weighted by molar-refractivity contribution is 0.340. The lowest BCUT2D eigenvalue weighted by Crippen LogP contribution is -1.98. The Morgan fingerprint density at radius 2 is 1.69 bits per heavy atom. The molecule has 0 spiro atoms. The maximum atomic E-state index is 5.55. The highest BCUT2D eigenvalue weighted by Gasteiger charge is 2.05. The van der Waals surface area contributed by atoms with Crippen LogP contribution in [0.4, 0.5) is 5.69 Å². The van der Waals surface area contributed by atoms with Gasteiger partial charge in [0.05, 0.1) is 6.61 Å². The van der Waals surface area contributed by atoms with Crippen LogP contribution in [0.15, 0.2) is 79.4 Å². The molecule has 3 aromatic carbocycles. The molecule has 0 aromatic heterocycles. The second kappa shape index (κ2) is 8.39. The summed E-state index contributed by atoms with van der Waals surface area (Å²) in [5.41, 5.74) is 6.81. The molecule has 0 heterocycles. The second-order valence-corrected chi connectivity index (χ2v) is 6.15. The van der Waals surface area contributed by atoms with Crippen molar-refractivity contribution in [3.05, 3.63) is 90.5 Å². The molecule has 3 aromatic rings. The first-order chi connectivity index (χ1) is 12.7. The molecule has 1 N–H and O–H groups in total. The van der Waals surface area contributed by atoms with Crippen molar-refractivity contribution in [3.63, 3.8) is 0 Å². The van der Waals surface area contributed by atoms with Crippen LogP contribution in [-0.2, 0) is 6.42 Å². The SMILES string of the molecule is C=C(Nc1cccc(OCC)c1)c1ccc(-c2ccccc2CC)cc1. The van der Waals surface area contributed by atoms with Crippen molar-refractivity contribution in [1.29, 1.82) is 0 Å². The highest BCUT2D eigenvalue weighted by atomic mass is 16.5. The molecule has 3 rings (SSSR count). The molecule has 26 heavy (non-hydrogen) atoms. The lowest BCUT2D eigenvalue weighted by Gasteiger charge is -2.13. The van der Waals surface area contributed by atoms with Crippen molar-refractivity contribution in [2.75, 3.05) is 11.9 Å². The zero-order chi connectivity index (χ0) is 18.4. The highest BCUT2D eigenvalue weighted by Crippen LogP contribution is 2.27. The Kier molecular flexibility index (Phi) is 5.75. The predicted octanol–water partition coefficient (Wildman–Crippen LogP) is 6.40. The number of anilines is 1. The Labute approximate surface area is 156 Å². The Bertz CT molecular complexity index is 881. The Morgan fingerprint density at radius 3 is 2.42 bits per heavy atom. The maximum Gasteiger partial charge on any atom is 0.121 e. The molecule has 0 saturated heterocycles. The van der Waals surface area contributed by atoms with Crippen LogP contribution >= 0.6 is 0 Å². The van der Waals surface area contributed by atoms with Gasteiger partial charge in [-0.05, 0) is 47.7 Å². The van der Waals surface area contributed by atoms with Crippen molar-refractivity contribution in [2.45, 2.75) is 20.3 Å². The smallest absolute Gasteiger partial charge is 0.121 e. The van der Waals surface area contributed by atoms with Crippen LogP contribution in [0.1, 0.15) is 25.0 Å². The van der Waals surface area contributed by atoms with Gasteiger partial charge in [-0.1, -0.05) is 68.1 Å². The minimum Gasteiger partial charge on any atom is -0.494 e. The van der Waals surface area contributed by atoms with Gasteiger partial charge < -0.3 is 10.1 Å². The van der Waals surface area contributed by atoms with Crippen LogP contribution in [0.25, 0.3) is 16.8 Å². The molecule has 0 fully saturated rings. The van der Waals surface area contributed by atoms with Gasteiger partial charge in [-0.2, -0.15) is 0 Å². The van der Waals surface area contributed by atoms with Gasteiger partial charge in [-0.15, -0.1) is 0 Å². The largest absolute Gasteiger partial charge is 0.494 e. The van der Waals surface area contributed by atoms with E-state index in [4.69, 9.17) is 4.74 Å². The minimum atomic E-state index is 0.658. The van der Waals surface area contributed by atoms with Gasteiger partial charge in [-0.3, -0.25) is 0 Å². The zero-order valence-electron chi connectivity index (χ0n) is 15.5. The van der Waals surface area contributed by atoms with E-state index in [1.807, 2.05) is 31.2 Å². The molecule has 0 bridgehead atoms. The van der Waals surface area contributed by atoms with Crippen molar-refractivity contribution in [1.82, 2.24) is 0 Å². The average Bonchev–Trinajstić information content (AvgIpc) is 2.68. The minimum absolute atomic E-state index is 0.658. The van der Waals surface area contributed by atoms with E-state index >= 15 is 0 Å². The van der Waals surface area contributed by atoms with E-state index in [1.165, 1.54) is 16.7 Å². The van der Waals surface area contributed by atoms with Crippen LogP contribution in [0.5, 0.6) is 5.75 Å². The molecule has 0 aliphatic heterocycles. The van der Waals surface area contributed by atoms with Gasteiger partial charge >= 0.3 is 0 Å². The van der Waals surface area contributed by atoms with Gasteiger partial charge in [-0.25, -0.2) is 0 Å². The molecule has 2 nitrogen and oxygen atoms in total. The Hall–Kier alpha value is -3.00. The number of rotatable bonds is 7. The number of benzene rings is 3. The van der Waals surface area contributed by atoms with Crippen molar-refractivity contribution in [3.8, 4) is 16.9 Å². The summed E-state index contributed by atoms with van der Waals surface area (Å²) in [6.45, 7) is 9.01. The van der Waals surface area contributed by atoms with Crippen molar-refractivity contribution < 1.29 is 4.74 Å². The van der Waals surface area contributed by atoms with Crippen molar-refractivity contribution >= 4 is 11.4 Å². The Morgan fingerprint density at radius 1 is 0.923 bits per heavy atom. The van der Waals surface area contributed by atoms with Crippen LogP contribution in [0.3, 0.4) is 0 Å². The number of hydrogen-bond acceptors (Lipinski definition) is 2. The zero-order valence-corrected chi connectivity index (χ0v) is 15.5. The van der Waals surface area contributed by atoms with Crippen LogP contribution in [-0.4, -0.2) is 6.61 Å². The summed E-state index contributed by atoms with van der Waals surface area (Å²) in [6.07, 6.45) is 1.03. The van der Waals surface area contributed by atoms with Crippen LogP contribution in [0.2, 0.25) is 0 Å². The molecule has 2 heteroatoms. The number of hydrogen-bond donors (Lipinski definition) is 1. The number of nitrogens with one attached hydrogen (secondary N) is 1. The first kappa shape index (κ1) is 17.8. The van der Waals surface area contributed by atoms with E-state index in [2.05, 4.69) is 67.4 Å². The number of ether oxygens (including phenoxy) is 1. The first-order valence-corrected chi connectivity index (χ1v) is 9.08. The predicted molar refractivity (Wildman–Crippen MR) is 112 cm³/mol. The molecule has 0 radical (unpaired) electrons. The summed E-state index contributed by atoms with van der Waals surface area (Å²) in [5.74, 6) is 0.858. The lowest BCUT2D eigenvalue weighted by atomic mass is 9.97. The average molecular weight is 343 g/mol. The third-order valence-corrected chi connectivity index (χ3v) is 4.38. The normalized spacial score (nSPS) is 10.4. The van der Waals surface area contributed by atoms with Gasteiger partial charge in [0, 0.05) is 17.5 Å². The van der Waals surface area contributed by atoms with E-state index in [-0.39, 0.29) is 0 Å². The molecule has 0 amide bonds. The third-order valence-electron chi connectivity index (χ3n) is 4.38. The molecular weight excluding hydrogens is 318 g/mol. The molecule has 0 aliphatic rings. The monoisotopic (exact) mass is 343 g/mol. The quantitative estimate of drug-likeness (QED) is 0.536.